The molecule has 0 spiro atoms. The van der Waals surface area contributed by atoms with Gasteiger partial charge in [-0.15, -0.1) is 11.8 Å². The number of aryl methyl sites for hydroxylation is 1. The van der Waals surface area contributed by atoms with Crippen LogP contribution in [0.2, 0.25) is 0 Å². The summed E-state index contributed by atoms with van der Waals surface area (Å²) in [6.07, 6.45) is 0.837. The maximum atomic E-state index is 10.1. The van der Waals surface area contributed by atoms with Crippen molar-refractivity contribution in [2.24, 2.45) is 5.92 Å². The minimum Gasteiger partial charge on any atom is -0.390 e. The molecule has 16 heavy (non-hydrogen) atoms. The summed E-state index contributed by atoms with van der Waals surface area (Å²) in [5.41, 5.74) is 0.746. The number of aliphatic hydroxyl groups is 1. The van der Waals surface area contributed by atoms with Gasteiger partial charge in [-0.05, 0) is 38.3 Å². The van der Waals surface area contributed by atoms with E-state index in [1.54, 1.807) is 0 Å². The predicted octanol–water partition coefficient (Wildman–Crippen LogP) is 3.88. The Labute approximate surface area is 103 Å². The van der Waals surface area contributed by atoms with E-state index in [2.05, 4.69) is 45.0 Å². The molecule has 0 saturated carbocycles. The third-order valence-electron chi connectivity index (χ3n) is 3.14. The molecule has 1 unspecified atom stereocenters. The lowest BCUT2D eigenvalue weighted by molar-refractivity contribution is 0.0111. The van der Waals surface area contributed by atoms with Crippen molar-refractivity contribution in [1.82, 2.24) is 0 Å². The van der Waals surface area contributed by atoms with E-state index in [0.29, 0.717) is 5.92 Å². The second-order valence-corrected chi connectivity index (χ2v) is 6.09. The molecule has 0 aromatic heterocycles. The summed E-state index contributed by atoms with van der Waals surface area (Å²) < 4.78 is 0. The molecular formula is C14H22OS. The fraction of sp³-hybridized carbons (Fsp3) is 0.571. The maximum absolute atomic E-state index is 10.1. The fourth-order valence-corrected chi connectivity index (χ4v) is 2.38. The normalized spacial score (nSPS) is 15.1. The van der Waals surface area contributed by atoms with E-state index in [4.69, 9.17) is 0 Å². The first-order valence-electron chi connectivity index (χ1n) is 5.83. The average Bonchev–Trinajstić information content (AvgIpc) is 2.20. The molecule has 1 aromatic rings. The first-order valence-corrected chi connectivity index (χ1v) is 6.82. The quantitative estimate of drug-likeness (QED) is 0.785. The monoisotopic (exact) mass is 238 g/mol. The molecule has 0 bridgehead atoms. The lowest BCUT2D eigenvalue weighted by Gasteiger charge is -2.27. The molecule has 90 valence electrons. The van der Waals surface area contributed by atoms with Gasteiger partial charge in [0.2, 0.25) is 0 Å². The zero-order chi connectivity index (χ0) is 12.2. The van der Waals surface area contributed by atoms with Gasteiger partial charge in [0.05, 0.1) is 5.60 Å². The van der Waals surface area contributed by atoms with Crippen LogP contribution in [-0.4, -0.2) is 16.5 Å². The SMILES string of the molecule is Cc1ccc(SCCC(C)(O)C(C)C)cc1. The second-order valence-electron chi connectivity index (χ2n) is 4.92. The van der Waals surface area contributed by atoms with E-state index in [1.165, 1.54) is 10.5 Å². The van der Waals surface area contributed by atoms with Crippen LogP contribution in [0, 0.1) is 12.8 Å². The zero-order valence-corrected chi connectivity index (χ0v) is 11.5. The Morgan fingerprint density at radius 3 is 2.31 bits per heavy atom. The third kappa shape index (κ3) is 4.18. The van der Waals surface area contributed by atoms with Gasteiger partial charge in [-0.2, -0.15) is 0 Å². The topological polar surface area (TPSA) is 20.2 Å². The molecule has 1 N–H and O–H groups in total. The number of rotatable bonds is 5. The molecule has 0 heterocycles. The fourth-order valence-electron chi connectivity index (χ4n) is 1.30. The van der Waals surface area contributed by atoms with E-state index < -0.39 is 5.60 Å². The van der Waals surface area contributed by atoms with Crippen molar-refractivity contribution in [3.05, 3.63) is 29.8 Å². The summed E-state index contributed by atoms with van der Waals surface area (Å²) in [7, 11) is 0. The third-order valence-corrected chi connectivity index (χ3v) is 4.16. The molecule has 1 atom stereocenters. The lowest BCUT2D eigenvalue weighted by Crippen LogP contribution is -2.31. The number of hydrogen-bond acceptors (Lipinski definition) is 2. The summed E-state index contributed by atoms with van der Waals surface area (Å²) >= 11 is 1.81. The Kier molecular flexibility index (Phi) is 4.88. The molecule has 1 nitrogen and oxygen atoms in total. The van der Waals surface area contributed by atoms with E-state index in [0.717, 1.165) is 12.2 Å². The summed E-state index contributed by atoms with van der Waals surface area (Å²) in [5.74, 6) is 1.28. The Hall–Kier alpha value is -0.470. The first-order chi connectivity index (χ1) is 7.42. The molecular weight excluding hydrogens is 216 g/mol. The maximum Gasteiger partial charge on any atom is 0.0650 e. The first kappa shape index (κ1) is 13.6. The van der Waals surface area contributed by atoms with E-state index in [1.807, 2.05) is 18.7 Å². The van der Waals surface area contributed by atoms with Crippen LogP contribution in [0.15, 0.2) is 29.2 Å². The van der Waals surface area contributed by atoms with Crippen molar-refractivity contribution >= 4 is 11.8 Å². The van der Waals surface area contributed by atoms with Gasteiger partial charge in [-0.1, -0.05) is 31.5 Å². The average molecular weight is 238 g/mol. The van der Waals surface area contributed by atoms with Crippen LogP contribution in [0.5, 0.6) is 0 Å². The highest BCUT2D eigenvalue weighted by molar-refractivity contribution is 7.99. The van der Waals surface area contributed by atoms with Gasteiger partial charge < -0.3 is 5.11 Å². The standard InChI is InChI=1S/C14H22OS/c1-11(2)14(4,15)9-10-16-13-7-5-12(3)6-8-13/h5-8,11,15H,9-10H2,1-4H3. The smallest absolute Gasteiger partial charge is 0.0650 e. The molecule has 0 radical (unpaired) electrons. The minimum atomic E-state index is -0.544. The largest absolute Gasteiger partial charge is 0.390 e. The minimum absolute atomic E-state index is 0.311. The molecule has 1 aromatic carbocycles. The van der Waals surface area contributed by atoms with Gasteiger partial charge in [0.15, 0.2) is 0 Å². The van der Waals surface area contributed by atoms with E-state index >= 15 is 0 Å². The van der Waals surface area contributed by atoms with Crippen LogP contribution in [0.25, 0.3) is 0 Å². The summed E-state index contributed by atoms with van der Waals surface area (Å²) in [6.45, 7) is 8.15. The number of hydrogen-bond donors (Lipinski definition) is 1. The Balaban J connectivity index is 2.39. The van der Waals surface area contributed by atoms with Crippen LogP contribution in [0.1, 0.15) is 32.8 Å². The highest BCUT2D eigenvalue weighted by Crippen LogP contribution is 2.26. The molecule has 1 rings (SSSR count). The summed E-state index contributed by atoms with van der Waals surface area (Å²) in [4.78, 5) is 1.28. The van der Waals surface area contributed by atoms with E-state index in [-0.39, 0.29) is 0 Å². The van der Waals surface area contributed by atoms with Crippen molar-refractivity contribution in [1.29, 1.82) is 0 Å². The Morgan fingerprint density at radius 1 is 1.25 bits per heavy atom. The molecule has 0 fully saturated rings. The Morgan fingerprint density at radius 2 is 1.81 bits per heavy atom. The van der Waals surface area contributed by atoms with Crippen molar-refractivity contribution in [2.75, 3.05) is 5.75 Å². The molecule has 2 heteroatoms. The molecule has 0 aliphatic rings. The van der Waals surface area contributed by atoms with Gasteiger partial charge in [0, 0.05) is 10.6 Å². The molecule has 0 saturated heterocycles. The van der Waals surface area contributed by atoms with Crippen LogP contribution in [0.4, 0.5) is 0 Å². The summed E-state index contributed by atoms with van der Waals surface area (Å²) in [5, 5.41) is 10.1. The van der Waals surface area contributed by atoms with Crippen molar-refractivity contribution in [3.63, 3.8) is 0 Å². The zero-order valence-electron chi connectivity index (χ0n) is 10.7. The predicted molar refractivity (Wildman–Crippen MR) is 72.0 cm³/mol. The molecule has 0 amide bonds. The van der Waals surface area contributed by atoms with Gasteiger partial charge in [-0.25, -0.2) is 0 Å². The van der Waals surface area contributed by atoms with Gasteiger partial charge >= 0.3 is 0 Å². The van der Waals surface area contributed by atoms with Crippen LogP contribution in [-0.2, 0) is 0 Å². The second kappa shape index (κ2) is 5.74. The lowest BCUT2D eigenvalue weighted by atomic mass is 9.90. The van der Waals surface area contributed by atoms with Crippen molar-refractivity contribution in [3.8, 4) is 0 Å². The molecule has 0 aliphatic heterocycles. The van der Waals surface area contributed by atoms with Gasteiger partial charge in [-0.3, -0.25) is 0 Å². The molecule has 0 aliphatic carbocycles. The van der Waals surface area contributed by atoms with Gasteiger partial charge in [0.25, 0.3) is 0 Å². The number of benzene rings is 1. The van der Waals surface area contributed by atoms with Crippen molar-refractivity contribution < 1.29 is 5.11 Å². The van der Waals surface area contributed by atoms with Crippen molar-refractivity contribution in [2.45, 2.75) is 44.6 Å². The van der Waals surface area contributed by atoms with Crippen LogP contribution >= 0.6 is 11.8 Å². The Bertz CT molecular complexity index is 314. The van der Waals surface area contributed by atoms with E-state index in [9.17, 15) is 5.11 Å². The highest BCUT2D eigenvalue weighted by Gasteiger charge is 2.23. The van der Waals surface area contributed by atoms with Crippen LogP contribution < -0.4 is 0 Å². The number of thioether (sulfide) groups is 1. The summed E-state index contributed by atoms with van der Waals surface area (Å²) in [6, 6.07) is 8.54. The highest BCUT2D eigenvalue weighted by atomic mass is 32.2. The van der Waals surface area contributed by atoms with Gasteiger partial charge in [0.1, 0.15) is 0 Å². The van der Waals surface area contributed by atoms with Crippen LogP contribution in [0.3, 0.4) is 0 Å².